The number of aromatic nitrogens is 1. The molecule has 2 saturated heterocycles. The van der Waals surface area contributed by atoms with Crippen molar-refractivity contribution in [1.29, 1.82) is 5.26 Å². The van der Waals surface area contributed by atoms with Crippen LogP contribution in [0, 0.1) is 11.5 Å². The molecular weight excluding hydrogens is 396 g/mol. The van der Waals surface area contributed by atoms with Crippen molar-refractivity contribution in [2.45, 2.75) is 12.5 Å². The van der Waals surface area contributed by atoms with Crippen molar-refractivity contribution in [3.63, 3.8) is 0 Å². The molecule has 0 radical (unpaired) electrons. The zero-order valence-electron chi connectivity index (χ0n) is 16.9. The standard InChI is InChI=1S/C18H28N6O4S/c1-27-11-9-22(10-12-28-2)18-13-16(3-5-20-18)23-7-8-24(29(23,25)26)17-4-6-21(14-17)15-19/h3,5,13,17H,4,6-12,14H2,1-2H3/t17-/m1/s1. The number of rotatable bonds is 9. The van der Waals surface area contributed by atoms with E-state index in [2.05, 4.69) is 11.2 Å². The van der Waals surface area contributed by atoms with Gasteiger partial charge in [0, 0.05) is 71.8 Å². The smallest absolute Gasteiger partial charge is 0.304 e. The molecule has 0 aliphatic carbocycles. The fraction of sp³-hybridized carbons (Fsp3) is 0.667. The number of hydrogen-bond donors (Lipinski definition) is 0. The molecule has 3 heterocycles. The Bertz CT molecular complexity index is 822. The summed E-state index contributed by atoms with van der Waals surface area (Å²) >= 11 is 0. The van der Waals surface area contributed by atoms with E-state index in [1.165, 1.54) is 8.61 Å². The van der Waals surface area contributed by atoms with Crippen molar-refractivity contribution < 1.29 is 17.9 Å². The quantitative estimate of drug-likeness (QED) is 0.515. The Labute approximate surface area is 172 Å². The minimum atomic E-state index is -3.64. The third-order valence-electron chi connectivity index (χ3n) is 5.28. The second-order valence-corrected chi connectivity index (χ2v) is 8.83. The molecule has 3 rings (SSSR count). The van der Waals surface area contributed by atoms with Crippen molar-refractivity contribution >= 4 is 21.7 Å². The SMILES string of the molecule is COCCN(CCOC)c1cc(N2CCN([C@@H]3CCN(C#N)C3)S2(=O)=O)ccn1. The lowest BCUT2D eigenvalue weighted by Crippen LogP contribution is -2.41. The van der Waals surface area contributed by atoms with Crippen LogP contribution in [0.3, 0.4) is 0 Å². The summed E-state index contributed by atoms with van der Waals surface area (Å²) in [5.74, 6) is 0.682. The van der Waals surface area contributed by atoms with Crippen LogP contribution in [0.5, 0.6) is 0 Å². The lowest BCUT2D eigenvalue weighted by atomic mass is 10.2. The highest BCUT2D eigenvalue weighted by Gasteiger charge is 2.43. The summed E-state index contributed by atoms with van der Waals surface area (Å²) in [7, 11) is -0.359. The van der Waals surface area contributed by atoms with Gasteiger partial charge >= 0.3 is 10.2 Å². The molecule has 0 bridgehead atoms. The summed E-state index contributed by atoms with van der Waals surface area (Å²) in [5, 5.41) is 9.06. The maximum Gasteiger partial charge on any atom is 0.304 e. The van der Waals surface area contributed by atoms with E-state index in [9.17, 15) is 8.42 Å². The van der Waals surface area contributed by atoms with Gasteiger partial charge in [0.1, 0.15) is 5.82 Å². The molecule has 29 heavy (non-hydrogen) atoms. The molecule has 0 N–H and O–H groups in total. The number of hydrogen-bond acceptors (Lipinski definition) is 8. The molecule has 0 aromatic carbocycles. The van der Waals surface area contributed by atoms with Gasteiger partial charge < -0.3 is 19.3 Å². The van der Waals surface area contributed by atoms with Crippen molar-refractivity contribution in [3.05, 3.63) is 18.3 Å². The van der Waals surface area contributed by atoms with Gasteiger partial charge in [-0.1, -0.05) is 0 Å². The highest BCUT2D eigenvalue weighted by Crippen LogP contribution is 2.30. The van der Waals surface area contributed by atoms with Crippen LogP contribution in [-0.4, -0.2) is 95.4 Å². The minimum absolute atomic E-state index is 0.161. The van der Waals surface area contributed by atoms with Crippen LogP contribution in [0.2, 0.25) is 0 Å². The molecule has 2 aliphatic rings. The van der Waals surface area contributed by atoms with Gasteiger partial charge in [-0.15, -0.1) is 0 Å². The van der Waals surface area contributed by atoms with E-state index >= 15 is 0 Å². The molecule has 0 spiro atoms. The monoisotopic (exact) mass is 424 g/mol. The summed E-state index contributed by atoms with van der Waals surface area (Å²) < 4.78 is 39.7. The van der Waals surface area contributed by atoms with Crippen LogP contribution in [-0.2, 0) is 19.7 Å². The normalized spacial score (nSPS) is 21.5. The maximum absolute atomic E-state index is 13.2. The number of ether oxygens (including phenoxy) is 2. The zero-order chi connectivity index (χ0) is 20.9. The van der Waals surface area contributed by atoms with Gasteiger partial charge in [0.2, 0.25) is 0 Å². The van der Waals surface area contributed by atoms with Crippen LogP contribution in [0.15, 0.2) is 18.3 Å². The van der Waals surface area contributed by atoms with Crippen LogP contribution < -0.4 is 9.21 Å². The summed E-state index contributed by atoms with van der Waals surface area (Å²) in [6.45, 7) is 4.16. The van der Waals surface area contributed by atoms with E-state index in [0.29, 0.717) is 70.4 Å². The van der Waals surface area contributed by atoms with Crippen LogP contribution in [0.1, 0.15) is 6.42 Å². The van der Waals surface area contributed by atoms with Gasteiger partial charge in [0.05, 0.1) is 18.9 Å². The number of methoxy groups -OCH3 is 2. The second-order valence-electron chi connectivity index (χ2n) is 7.02. The zero-order valence-corrected chi connectivity index (χ0v) is 17.7. The Hall–Kier alpha value is -2.13. The van der Waals surface area contributed by atoms with E-state index in [1.807, 2.05) is 4.90 Å². The topological polar surface area (TPSA) is 102 Å². The number of pyridine rings is 1. The van der Waals surface area contributed by atoms with E-state index in [0.717, 1.165) is 0 Å². The third-order valence-corrected chi connectivity index (χ3v) is 7.31. The van der Waals surface area contributed by atoms with Crippen molar-refractivity contribution in [1.82, 2.24) is 14.2 Å². The number of anilines is 2. The van der Waals surface area contributed by atoms with E-state index in [1.54, 1.807) is 37.4 Å². The molecular formula is C18H28N6O4S. The van der Waals surface area contributed by atoms with Gasteiger partial charge in [0.15, 0.2) is 6.19 Å². The predicted molar refractivity (Wildman–Crippen MR) is 109 cm³/mol. The molecule has 11 heteroatoms. The minimum Gasteiger partial charge on any atom is -0.383 e. The molecule has 160 valence electrons. The van der Waals surface area contributed by atoms with Gasteiger partial charge in [-0.25, -0.2) is 4.98 Å². The van der Waals surface area contributed by atoms with E-state index in [4.69, 9.17) is 14.7 Å². The van der Waals surface area contributed by atoms with Crippen molar-refractivity contribution in [2.24, 2.45) is 0 Å². The molecule has 0 saturated carbocycles. The molecule has 1 atom stereocenters. The first-order valence-electron chi connectivity index (χ1n) is 9.64. The maximum atomic E-state index is 13.2. The fourth-order valence-corrected chi connectivity index (χ4v) is 5.53. The Kier molecular flexibility index (Phi) is 7.13. The molecule has 1 aromatic heterocycles. The molecule has 10 nitrogen and oxygen atoms in total. The Morgan fingerprint density at radius 2 is 1.97 bits per heavy atom. The summed E-state index contributed by atoms with van der Waals surface area (Å²) in [5.41, 5.74) is 0.590. The summed E-state index contributed by atoms with van der Waals surface area (Å²) in [6, 6.07) is 3.35. The Balaban J connectivity index is 1.78. The number of nitrogens with zero attached hydrogens (tertiary/aromatic N) is 6. The van der Waals surface area contributed by atoms with E-state index < -0.39 is 10.2 Å². The summed E-state index contributed by atoms with van der Waals surface area (Å²) in [4.78, 5) is 8.04. The number of nitriles is 1. The van der Waals surface area contributed by atoms with Gasteiger partial charge in [0.25, 0.3) is 0 Å². The largest absolute Gasteiger partial charge is 0.383 e. The van der Waals surface area contributed by atoms with Crippen molar-refractivity contribution in [2.75, 3.05) is 75.9 Å². The predicted octanol–water partition coefficient (Wildman–Crippen LogP) is 0.103. The van der Waals surface area contributed by atoms with Crippen molar-refractivity contribution in [3.8, 4) is 6.19 Å². The van der Waals surface area contributed by atoms with Crippen LogP contribution in [0.4, 0.5) is 11.5 Å². The van der Waals surface area contributed by atoms with Gasteiger partial charge in [-0.05, 0) is 12.5 Å². The molecule has 2 aliphatic heterocycles. The fourth-order valence-electron chi connectivity index (χ4n) is 3.73. The second kappa shape index (κ2) is 9.58. The Morgan fingerprint density at radius 1 is 1.24 bits per heavy atom. The van der Waals surface area contributed by atoms with Gasteiger partial charge in [-0.2, -0.15) is 18.0 Å². The summed E-state index contributed by atoms with van der Waals surface area (Å²) in [6.07, 6.45) is 4.40. The molecule has 0 unspecified atom stereocenters. The molecule has 0 amide bonds. The van der Waals surface area contributed by atoms with Crippen LogP contribution >= 0.6 is 0 Å². The number of likely N-dealkylation sites (tertiary alicyclic amines) is 1. The average Bonchev–Trinajstić information content (AvgIpc) is 3.31. The lowest BCUT2D eigenvalue weighted by Gasteiger charge is -2.26. The van der Waals surface area contributed by atoms with Gasteiger partial charge in [-0.3, -0.25) is 4.31 Å². The Morgan fingerprint density at radius 3 is 2.59 bits per heavy atom. The molecule has 1 aromatic rings. The van der Waals surface area contributed by atoms with E-state index in [-0.39, 0.29) is 6.04 Å². The lowest BCUT2D eigenvalue weighted by molar-refractivity contribution is 0.190. The first-order chi connectivity index (χ1) is 14.0. The first kappa shape index (κ1) is 21.6. The average molecular weight is 425 g/mol. The third kappa shape index (κ3) is 4.72. The first-order valence-corrected chi connectivity index (χ1v) is 11.0. The van der Waals surface area contributed by atoms with Crippen LogP contribution in [0.25, 0.3) is 0 Å². The highest BCUT2D eigenvalue weighted by molar-refractivity contribution is 7.90. The molecule has 2 fully saturated rings. The highest BCUT2D eigenvalue weighted by atomic mass is 32.2.